The number of hydrogen-bond donors (Lipinski definition) is 2. The standard InChI is InChI=1S/C25H36O2/c1-17(2)7-9-19-15-21(11-13-23(19)26)25(5,6)22-12-14-24(27)20(16-22)10-8-18(3)4/h11-18,26-27H,7-10H2,1-6H3. The average molecular weight is 369 g/mol. The van der Waals surface area contributed by atoms with Gasteiger partial charge in [0.05, 0.1) is 0 Å². The highest BCUT2D eigenvalue weighted by Crippen LogP contribution is 2.36. The fourth-order valence-electron chi connectivity index (χ4n) is 3.40. The normalized spacial score (nSPS) is 12.1. The van der Waals surface area contributed by atoms with Crippen LogP contribution >= 0.6 is 0 Å². The molecule has 2 nitrogen and oxygen atoms in total. The van der Waals surface area contributed by atoms with Crippen LogP contribution < -0.4 is 0 Å². The molecule has 2 aromatic carbocycles. The van der Waals surface area contributed by atoms with Gasteiger partial charge >= 0.3 is 0 Å². The van der Waals surface area contributed by atoms with Crippen molar-refractivity contribution in [2.75, 3.05) is 0 Å². The SMILES string of the molecule is CC(C)CCc1cc(C(C)(C)c2ccc(O)c(CCC(C)C)c2)ccc1O. The van der Waals surface area contributed by atoms with E-state index in [0.29, 0.717) is 23.3 Å². The van der Waals surface area contributed by atoms with Crippen LogP contribution in [0.2, 0.25) is 0 Å². The molecule has 0 saturated carbocycles. The fourth-order valence-corrected chi connectivity index (χ4v) is 3.40. The monoisotopic (exact) mass is 368 g/mol. The second kappa shape index (κ2) is 8.82. The zero-order chi connectivity index (χ0) is 20.2. The van der Waals surface area contributed by atoms with Crippen LogP contribution in [0.4, 0.5) is 0 Å². The largest absolute Gasteiger partial charge is 0.508 e. The summed E-state index contributed by atoms with van der Waals surface area (Å²) in [5.74, 6) is 2.00. The first-order valence-electron chi connectivity index (χ1n) is 10.3. The zero-order valence-electron chi connectivity index (χ0n) is 17.8. The Morgan fingerprint density at radius 1 is 0.704 bits per heavy atom. The fraction of sp³-hybridized carbons (Fsp3) is 0.520. The summed E-state index contributed by atoms with van der Waals surface area (Å²) >= 11 is 0. The zero-order valence-corrected chi connectivity index (χ0v) is 17.8. The minimum atomic E-state index is -0.194. The molecule has 0 amide bonds. The molecule has 0 aliphatic heterocycles. The van der Waals surface area contributed by atoms with Crippen LogP contribution in [0.3, 0.4) is 0 Å². The van der Waals surface area contributed by atoms with Crippen LogP contribution in [0, 0.1) is 11.8 Å². The lowest BCUT2D eigenvalue weighted by Crippen LogP contribution is -2.19. The van der Waals surface area contributed by atoms with E-state index in [-0.39, 0.29) is 5.41 Å². The molecule has 0 aliphatic rings. The third-order valence-electron chi connectivity index (χ3n) is 5.58. The van der Waals surface area contributed by atoms with Crippen molar-refractivity contribution in [2.24, 2.45) is 11.8 Å². The molecule has 2 rings (SSSR count). The number of rotatable bonds is 8. The van der Waals surface area contributed by atoms with Crippen molar-refractivity contribution in [2.45, 2.75) is 72.6 Å². The van der Waals surface area contributed by atoms with Crippen molar-refractivity contribution >= 4 is 0 Å². The number of aromatic hydroxyl groups is 2. The quantitative estimate of drug-likeness (QED) is 0.551. The molecular formula is C25H36O2. The van der Waals surface area contributed by atoms with Crippen molar-refractivity contribution < 1.29 is 10.2 Å². The van der Waals surface area contributed by atoms with Gasteiger partial charge in [0.15, 0.2) is 0 Å². The maximum absolute atomic E-state index is 10.3. The Kier molecular flexibility index (Phi) is 6.97. The van der Waals surface area contributed by atoms with Crippen LogP contribution in [-0.4, -0.2) is 10.2 Å². The van der Waals surface area contributed by atoms with E-state index in [4.69, 9.17) is 0 Å². The molecule has 0 fully saturated rings. The molecule has 0 radical (unpaired) electrons. The van der Waals surface area contributed by atoms with Crippen LogP contribution in [0.1, 0.15) is 76.6 Å². The number of benzene rings is 2. The first-order chi connectivity index (χ1) is 12.6. The minimum Gasteiger partial charge on any atom is -0.508 e. The Hall–Kier alpha value is -1.96. The third-order valence-corrected chi connectivity index (χ3v) is 5.58. The second-order valence-corrected chi connectivity index (χ2v) is 9.18. The van der Waals surface area contributed by atoms with Crippen LogP contribution in [0.5, 0.6) is 11.5 Å². The smallest absolute Gasteiger partial charge is 0.118 e. The number of aryl methyl sites for hydroxylation is 2. The number of phenols is 2. The van der Waals surface area contributed by atoms with Crippen molar-refractivity contribution in [3.05, 3.63) is 58.7 Å². The van der Waals surface area contributed by atoms with Gasteiger partial charge in [0.25, 0.3) is 0 Å². The molecule has 2 N–H and O–H groups in total. The van der Waals surface area contributed by atoms with Gasteiger partial charge in [-0.25, -0.2) is 0 Å². The summed E-state index contributed by atoms with van der Waals surface area (Å²) in [4.78, 5) is 0. The van der Waals surface area contributed by atoms with Gasteiger partial charge in [-0.1, -0.05) is 65.8 Å². The summed E-state index contributed by atoms with van der Waals surface area (Å²) in [6, 6.07) is 12.0. The Labute approximate surface area is 165 Å². The van der Waals surface area contributed by atoms with Gasteiger partial charge in [-0.05, 0) is 71.9 Å². The molecule has 0 atom stereocenters. The van der Waals surface area contributed by atoms with Crippen molar-refractivity contribution in [1.82, 2.24) is 0 Å². The molecule has 0 heterocycles. The number of hydrogen-bond acceptors (Lipinski definition) is 2. The van der Waals surface area contributed by atoms with Crippen molar-refractivity contribution in [3.63, 3.8) is 0 Å². The van der Waals surface area contributed by atoms with Gasteiger partial charge < -0.3 is 10.2 Å². The van der Waals surface area contributed by atoms with E-state index in [1.807, 2.05) is 24.3 Å². The van der Waals surface area contributed by atoms with E-state index in [1.165, 1.54) is 11.1 Å². The Balaban J connectivity index is 2.34. The average Bonchev–Trinajstić information content (AvgIpc) is 2.59. The van der Waals surface area contributed by atoms with Crippen molar-refractivity contribution in [1.29, 1.82) is 0 Å². The Morgan fingerprint density at radius 3 is 1.41 bits per heavy atom. The maximum Gasteiger partial charge on any atom is 0.118 e. The maximum atomic E-state index is 10.3. The highest BCUT2D eigenvalue weighted by molar-refractivity contribution is 5.47. The Morgan fingerprint density at radius 2 is 1.07 bits per heavy atom. The molecule has 27 heavy (non-hydrogen) atoms. The van der Waals surface area contributed by atoms with E-state index < -0.39 is 0 Å². The summed E-state index contributed by atoms with van der Waals surface area (Å²) in [5.41, 5.74) is 4.24. The first-order valence-corrected chi connectivity index (χ1v) is 10.3. The van der Waals surface area contributed by atoms with Crippen LogP contribution in [-0.2, 0) is 18.3 Å². The van der Waals surface area contributed by atoms with E-state index in [2.05, 4.69) is 53.7 Å². The molecule has 2 heteroatoms. The molecule has 0 spiro atoms. The van der Waals surface area contributed by atoms with Gasteiger partial charge in [0.1, 0.15) is 11.5 Å². The summed E-state index contributed by atoms with van der Waals surface area (Å²) in [5, 5.41) is 20.5. The summed E-state index contributed by atoms with van der Waals surface area (Å²) < 4.78 is 0. The van der Waals surface area contributed by atoms with E-state index in [1.54, 1.807) is 0 Å². The lowest BCUT2D eigenvalue weighted by Gasteiger charge is -2.28. The van der Waals surface area contributed by atoms with E-state index >= 15 is 0 Å². The predicted octanol–water partition coefficient (Wildman–Crippen LogP) is 6.60. The molecule has 0 bridgehead atoms. The lowest BCUT2D eigenvalue weighted by atomic mass is 9.76. The van der Waals surface area contributed by atoms with Gasteiger partial charge in [-0.3, -0.25) is 0 Å². The van der Waals surface area contributed by atoms with Gasteiger partial charge in [0.2, 0.25) is 0 Å². The summed E-state index contributed by atoms with van der Waals surface area (Å²) in [7, 11) is 0. The predicted molar refractivity (Wildman–Crippen MR) is 115 cm³/mol. The van der Waals surface area contributed by atoms with Crippen molar-refractivity contribution in [3.8, 4) is 11.5 Å². The Bertz CT molecular complexity index is 693. The highest BCUT2D eigenvalue weighted by Gasteiger charge is 2.25. The molecule has 0 aliphatic carbocycles. The van der Waals surface area contributed by atoms with E-state index in [0.717, 1.165) is 36.8 Å². The lowest BCUT2D eigenvalue weighted by molar-refractivity contribution is 0.461. The minimum absolute atomic E-state index is 0.194. The summed E-state index contributed by atoms with van der Waals surface area (Å²) in [6.07, 6.45) is 3.91. The first kappa shape index (κ1) is 21.3. The summed E-state index contributed by atoms with van der Waals surface area (Å²) in [6.45, 7) is 13.3. The molecule has 148 valence electrons. The van der Waals surface area contributed by atoms with E-state index in [9.17, 15) is 10.2 Å². The van der Waals surface area contributed by atoms with Crippen LogP contribution in [0.25, 0.3) is 0 Å². The van der Waals surface area contributed by atoms with Crippen LogP contribution in [0.15, 0.2) is 36.4 Å². The molecule has 0 saturated heterocycles. The van der Waals surface area contributed by atoms with Gasteiger partial charge in [0, 0.05) is 5.41 Å². The highest BCUT2D eigenvalue weighted by atomic mass is 16.3. The molecule has 0 aromatic heterocycles. The topological polar surface area (TPSA) is 40.5 Å². The molecule has 0 unspecified atom stereocenters. The molecular weight excluding hydrogens is 332 g/mol. The van der Waals surface area contributed by atoms with Gasteiger partial charge in [-0.15, -0.1) is 0 Å². The molecule has 2 aromatic rings. The second-order valence-electron chi connectivity index (χ2n) is 9.18. The third kappa shape index (κ3) is 5.51. The number of phenolic OH excluding ortho intramolecular Hbond substituents is 2. The van der Waals surface area contributed by atoms with Gasteiger partial charge in [-0.2, -0.15) is 0 Å².